The summed E-state index contributed by atoms with van der Waals surface area (Å²) in [5, 5.41) is 9.46. The molecule has 0 fully saturated rings. The van der Waals surface area contributed by atoms with Crippen LogP contribution in [-0.4, -0.2) is 10.8 Å². The van der Waals surface area contributed by atoms with Gasteiger partial charge in [0.2, 0.25) is 0 Å². The predicted octanol–water partition coefficient (Wildman–Crippen LogP) is 3.56. The zero-order valence-corrected chi connectivity index (χ0v) is 11.2. The minimum absolute atomic E-state index is 0.0259. The molecule has 0 spiro atoms. The molecule has 20 heavy (non-hydrogen) atoms. The standard InChI is InChI=1S/C17H16N2O/c18-12-16-15-9-5-4-6-13(15)10-11-19(16)17(20)14-7-2-1-3-8-14/h4-7,9-11,16H,1-3,8H2. The molecular formula is C17H16N2O. The lowest BCUT2D eigenvalue weighted by Crippen LogP contribution is -2.33. The van der Waals surface area contributed by atoms with Crippen LogP contribution in [0.1, 0.15) is 42.9 Å². The van der Waals surface area contributed by atoms with Crippen molar-refractivity contribution in [2.75, 3.05) is 0 Å². The first-order valence-electron chi connectivity index (χ1n) is 6.99. The Hall–Kier alpha value is -2.34. The van der Waals surface area contributed by atoms with E-state index in [9.17, 15) is 10.1 Å². The second-order valence-electron chi connectivity index (χ2n) is 5.16. The zero-order valence-electron chi connectivity index (χ0n) is 11.2. The number of carbonyl (C=O) groups excluding carboxylic acids is 1. The number of amides is 1. The minimum Gasteiger partial charge on any atom is -0.295 e. The van der Waals surface area contributed by atoms with E-state index in [0.717, 1.165) is 42.4 Å². The summed E-state index contributed by atoms with van der Waals surface area (Å²) >= 11 is 0. The van der Waals surface area contributed by atoms with Crippen molar-refractivity contribution < 1.29 is 4.79 Å². The van der Waals surface area contributed by atoms with E-state index in [1.54, 1.807) is 11.1 Å². The highest BCUT2D eigenvalue weighted by Crippen LogP contribution is 2.32. The maximum Gasteiger partial charge on any atom is 0.254 e. The van der Waals surface area contributed by atoms with Crippen molar-refractivity contribution in [2.24, 2.45) is 0 Å². The average Bonchev–Trinajstić information content (AvgIpc) is 2.54. The van der Waals surface area contributed by atoms with Gasteiger partial charge in [-0.25, -0.2) is 0 Å². The Morgan fingerprint density at radius 2 is 2.15 bits per heavy atom. The number of hydrogen-bond donors (Lipinski definition) is 0. The first kappa shape index (κ1) is 12.7. The van der Waals surface area contributed by atoms with Crippen LogP contribution in [0.2, 0.25) is 0 Å². The molecule has 1 aliphatic heterocycles. The van der Waals surface area contributed by atoms with Gasteiger partial charge in [-0.05, 0) is 42.9 Å². The van der Waals surface area contributed by atoms with E-state index in [1.165, 1.54) is 0 Å². The highest BCUT2D eigenvalue weighted by atomic mass is 16.2. The fourth-order valence-corrected chi connectivity index (χ4v) is 2.82. The van der Waals surface area contributed by atoms with Crippen molar-refractivity contribution >= 4 is 12.0 Å². The molecular weight excluding hydrogens is 248 g/mol. The lowest BCUT2D eigenvalue weighted by Gasteiger charge is -2.30. The third-order valence-electron chi connectivity index (χ3n) is 3.91. The molecule has 100 valence electrons. The van der Waals surface area contributed by atoms with Crippen LogP contribution in [0.4, 0.5) is 0 Å². The highest BCUT2D eigenvalue weighted by molar-refractivity contribution is 5.95. The number of nitrogens with zero attached hydrogens (tertiary/aromatic N) is 2. The summed E-state index contributed by atoms with van der Waals surface area (Å²) in [6.07, 6.45) is 9.67. The summed E-state index contributed by atoms with van der Waals surface area (Å²) in [4.78, 5) is 14.2. The lowest BCUT2D eigenvalue weighted by atomic mass is 9.94. The van der Waals surface area contributed by atoms with Gasteiger partial charge in [-0.15, -0.1) is 0 Å². The van der Waals surface area contributed by atoms with Crippen LogP contribution in [0.15, 0.2) is 42.1 Å². The van der Waals surface area contributed by atoms with Crippen molar-refractivity contribution in [3.05, 3.63) is 53.2 Å². The Balaban J connectivity index is 1.94. The van der Waals surface area contributed by atoms with Gasteiger partial charge in [0.1, 0.15) is 6.04 Å². The minimum atomic E-state index is -0.522. The van der Waals surface area contributed by atoms with Crippen molar-refractivity contribution in [3.8, 4) is 6.07 Å². The molecule has 1 heterocycles. The fourth-order valence-electron chi connectivity index (χ4n) is 2.82. The number of hydrogen-bond acceptors (Lipinski definition) is 2. The molecule has 0 saturated heterocycles. The molecule has 2 aliphatic rings. The number of allylic oxidation sites excluding steroid dienone is 1. The quantitative estimate of drug-likeness (QED) is 0.778. The molecule has 0 radical (unpaired) electrons. The summed E-state index contributed by atoms with van der Waals surface area (Å²) in [6, 6.07) is 9.47. The third-order valence-corrected chi connectivity index (χ3v) is 3.91. The largest absolute Gasteiger partial charge is 0.295 e. The zero-order chi connectivity index (χ0) is 13.9. The first-order valence-corrected chi connectivity index (χ1v) is 6.99. The topological polar surface area (TPSA) is 44.1 Å². The number of carbonyl (C=O) groups is 1. The average molecular weight is 264 g/mol. The summed E-state index contributed by atoms with van der Waals surface area (Å²) in [6.45, 7) is 0. The molecule has 1 aromatic rings. The van der Waals surface area contributed by atoms with Crippen LogP contribution in [0.5, 0.6) is 0 Å². The molecule has 1 unspecified atom stereocenters. The van der Waals surface area contributed by atoms with Crippen LogP contribution >= 0.6 is 0 Å². The Bertz CT molecular complexity index is 637. The van der Waals surface area contributed by atoms with Gasteiger partial charge >= 0.3 is 0 Å². The smallest absolute Gasteiger partial charge is 0.254 e. The van der Waals surface area contributed by atoms with Crippen LogP contribution in [0.25, 0.3) is 6.08 Å². The van der Waals surface area contributed by atoms with Gasteiger partial charge in [-0.3, -0.25) is 9.69 Å². The van der Waals surface area contributed by atoms with Crippen molar-refractivity contribution in [2.45, 2.75) is 31.7 Å². The predicted molar refractivity (Wildman–Crippen MR) is 77.2 cm³/mol. The Morgan fingerprint density at radius 3 is 2.90 bits per heavy atom. The van der Waals surface area contributed by atoms with E-state index in [4.69, 9.17) is 0 Å². The van der Waals surface area contributed by atoms with Gasteiger partial charge in [0.25, 0.3) is 5.91 Å². The summed E-state index contributed by atoms with van der Waals surface area (Å²) in [5.41, 5.74) is 2.77. The molecule has 1 aromatic carbocycles. The molecule has 3 heteroatoms. The summed E-state index contributed by atoms with van der Waals surface area (Å²) in [5.74, 6) is -0.0259. The van der Waals surface area contributed by atoms with Crippen LogP contribution < -0.4 is 0 Å². The molecule has 0 N–H and O–H groups in total. The molecule has 3 rings (SSSR count). The van der Waals surface area contributed by atoms with Crippen LogP contribution in [-0.2, 0) is 4.79 Å². The number of fused-ring (bicyclic) bond motifs is 1. The normalized spacial score (nSPS) is 20.9. The fraction of sp³-hybridized carbons (Fsp3) is 0.294. The summed E-state index contributed by atoms with van der Waals surface area (Å²) < 4.78 is 0. The van der Waals surface area contributed by atoms with Gasteiger partial charge in [0.15, 0.2) is 0 Å². The van der Waals surface area contributed by atoms with E-state index in [0.29, 0.717) is 0 Å². The monoisotopic (exact) mass is 264 g/mol. The van der Waals surface area contributed by atoms with Gasteiger partial charge < -0.3 is 0 Å². The molecule has 0 bridgehead atoms. The van der Waals surface area contributed by atoms with E-state index >= 15 is 0 Å². The molecule has 1 amide bonds. The second kappa shape index (κ2) is 5.34. The maximum absolute atomic E-state index is 12.6. The molecule has 0 aromatic heterocycles. The molecule has 1 aliphatic carbocycles. The number of rotatable bonds is 1. The Morgan fingerprint density at radius 1 is 1.30 bits per heavy atom. The van der Waals surface area contributed by atoms with Crippen molar-refractivity contribution in [1.29, 1.82) is 5.26 Å². The van der Waals surface area contributed by atoms with E-state index < -0.39 is 6.04 Å². The van der Waals surface area contributed by atoms with Crippen molar-refractivity contribution in [3.63, 3.8) is 0 Å². The lowest BCUT2D eigenvalue weighted by molar-refractivity contribution is -0.126. The van der Waals surface area contributed by atoms with Crippen molar-refractivity contribution in [1.82, 2.24) is 4.90 Å². The van der Waals surface area contributed by atoms with Gasteiger partial charge in [0.05, 0.1) is 6.07 Å². The van der Waals surface area contributed by atoms with Gasteiger partial charge in [-0.2, -0.15) is 5.26 Å². The van der Waals surface area contributed by atoms with Gasteiger partial charge in [0, 0.05) is 11.8 Å². The van der Waals surface area contributed by atoms with E-state index in [1.807, 2.05) is 36.4 Å². The van der Waals surface area contributed by atoms with Gasteiger partial charge in [-0.1, -0.05) is 30.3 Å². The third kappa shape index (κ3) is 2.14. The molecule has 1 atom stereocenters. The Kier molecular flexibility index (Phi) is 3.39. The second-order valence-corrected chi connectivity index (χ2v) is 5.16. The van der Waals surface area contributed by atoms with E-state index in [-0.39, 0.29) is 5.91 Å². The Labute approximate surface area is 118 Å². The van der Waals surface area contributed by atoms with E-state index in [2.05, 4.69) is 6.07 Å². The molecule has 3 nitrogen and oxygen atoms in total. The number of nitriles is 1. The SMILES string of the molecule is N#CC1c2ccccc2C=CN1C(=O)C1=CCCCC1. The van der Waals surface area contributed by atoms with Crippen LogP contribution in [0, 0.1) is 11.3 Å². The molecule has 0 saturated carbocycles. The number of benzene rings is 1. The van der Waals surface area contributed by atoms with Crippen LogP contribution in [0.3, 0.4) is 0 Å². The highest BCUT2D eigenvalue weighted by Gasteiger charge is 2.29. The maximum atomic E-state index is 12.6. The first-order chi connectivity index (χ1) is 9.81. The summed E-state index contributed by atoms with van der Waals surface area (Å²) in [7, 11) is 0.